The van der Waals surface area contributed by atoms with E-state index in [9.17, 15) is 22.0 Å². The van der Waals surface area contributed by atoms with E-state index in [-0.39, 0.29) is 5.39 Å². The van der Waals surface area contributed by atoms with Crippen molar-refractivity contribution in [3.63, 3.8) is 0 Å². The first-order chi connectivity index (χ1) is 18.7. The third kappa shape index (κ3) is 7.54. The van der Waals surface area contributed by atoms with Crippen molar-refractivity contribution >= 4 is 10.8 Å². The number of hydrogen-bond acceptors (Lipinski definition) is 1. The monoisotopic (exact) mass is 548 g/mol. The van der Waals surface area contributed by atoms with Crippen molar-refractivity contribution in [1.82, 2.24) is 0 Å². The van der Waals surface area contributed by atoms with E-state index < -0.39 is 23.4 Å². The van der Waals surface area contributed by atoms with Gasteiger partial charge in [-0.25, -0.2) is 8.78 Å². The summed E-state index contributed by atoms with van der Waals surface area (Å²) in [7, 11) is 0. The maximum Gasteiger partial charge on any atom is 0.458 e. The fourth-order valence-corrected chi connectivity index (χ4v) is 7.05. The summed E-state index contributed by atoms with van der Waals surface area (Å²) in [6, 6.07) is 6.17. The minimum absolute atomic E-state index is 0.0882. The fourth-order valence-electron chi connectivity index (χ4n) is 7.05. The normalized spacial score (nSPS) is 29.0. The Labute approximate surface area is 229 Å². The Bertz CT molecular complexity index is 1170. The summed E-state index contributed by atoms with van der Waals surface area (Å²) >= 11 is 0. The largest absolute Gasteiger partial charge is 0.458 e. The van der Waals surface area contributed by atoms with Crippen LogP contribution in [-0.2, 0) is 11.2 Å². The molecule has 3 aliphatic rings. The molecule has 39 heavy (non-hydrogen) atoms. The molecule has 3 fully saturated rings. The van der Waals surface area contributed by atoms with E-state index in [1.807, 2.05) is 13.8 Å². The fraction of sp³-hybridized carbons (Fsp3) is 0.636. The molecule has 0 radical (unpaired) electrons. The zero-order valence-electron chi connectivity index (χ0n) is 23.3. The molecular weight excluding hydrogens is 507 g/mol. The van der Waals surface area contributed by atoms with Crippen LogP contribution in [0.15, 0.2) is 24.3 Å². The van der Waals surface area contributed by atoms with E-state index in [0.717, 1.165) is 54.8 Å². The Hall–Kier alpha value is -2.13. The van der Waals surface area contributed by atoms with Crippen molar-refractivity contribution in [1.29, 1.82) is 0 Å². The molecule has 0 bridgehead atoms. The number of hydrogen-bond donors (Lipinski definition) is 0. The van der Waals surface area contributed by atoms with E-state index in [4.69, 9.17) is 4.74 Å². The molecule has 2 aliphatic carbocycles. The molecule has 6 heteroatoms. The van der Waals surface area contributed by atoms with Crippen LogP contribution < -0.4 is 0 Å². The molecule has 6 atom stereocenters. The van der Waals surface area contributed by atoms with Crippen molar-refractivity contribution in [3.8, 4) is 11.8 Å². The molecule has 0 spiro atoms. The van der Waals surface area contributed by atoms with Gasteiger partial charge < -0.3 is 4.74 Å². The molecule has 1 heterocycles. The first-order valence-electron chi connectivity index (χ1n) is 14.8. The summed E-state index contributed by atoms with van der Waals surface area (Å²) < 4.78 is 72.4. The van der Waals surface area contributed by atoms with Gasteiger partial charge in [0.05, 0.1) is 11.7 Å². The molecule has 1 nitrogen and oxygen atoms in total. The lowest BCUT2D eigenvalue weighted by atomic mass is 9.63. The number of benzene rings is 2. The quantitative estimate of drug-likeness (QED) is 0.273. The summed E-state index contributed by atoms with van der Waals surface area (Å²) in [5, 5.41) is 0.441. The van der Waals surface area contributed by atoms with Gasteiger partial charge in [0.25, 0.3) is 0 Å². The second kappa shape index (κ2) is 13.0. The lowest BCUT2D eigenvalue weighted by Gasteiger charge is -2.45. The molecule has 1 aliphatic heterocycles. The smallest absolute Gasteiger partial charge is 0.378 e. The molecule has 5 rings (SSSR count). The van der Waals surface area contributed by atoms with Gasteiger partial charge in [-0.2, -0.15) is 13.2 Å². The SMILES string of the molecule is CC.CC1CCC(C2CCC3CC(CCc4ccc5c(F)c(C#CC(F)(F)F)c(F)cc5c4)CCC3C2)OC1. The molecular formula is C33H41F5O. The van der Waals surface area contributed by atoms with Crippen LogP contribution in [0.4, 0.5) is 22.0 Å². The maximum atomic E-state index is 14.7. The Morgan fingerprint density at radius 2 is 1.62 bits per heavy atom. The predicted octanol–water partition coefficient (Wildman–Crippen LogP) is 9.64. The van der Waals surface area contributed by atoms with Crippen LogP contribution >= 0.6 is 0 Å². The van der Waals surface area contributed by atoms with Crippen LogP contribution in [-0.4, -0.2) is 18.9 Å². The van der Waals surface area contributed by atoms with Gasteiger partial charge in [0.15, 0.2) is 0 Å². The van der Waals surface area contributed by atoms with Crippen molar-refractivity contribution < 1.29 is 26.7 Å². The molecule has 6 unspecified atom stereocenters. The summed E-state index contributed by atoms with van der Waals surface area (Å²) in [5.41, 5.74) is 0.156. The average molecular weight is 549 g/mol. The van der Waals surface area contributed by atoms with E-state index in [1.165, 1.54) is 57.4 Å². The predicted molar refractivity (Wildman–Crippen MR) is 146 cm³/mol. The number of rotatable bonds is 4. The Morgan fingerprint density at radius 3 is 2.33 bits per heavy atom. The van der Waals surface area contributed by atoms with Crippen molar-refractivity contribution in [3.05, 3.63) is 47.0 Å². The topological polar surface area (TPSA) is 9.23 Å². The summed E-state index contributed by atoms with van der Waals surface area (Å²) in [6.45, 7) is 7.19. The molecule has 2 aromatic carbocycles. The lowest BCUT2D eigenvalue weighted by Crippen LogP contribution is -2.38. The molecule has 2 saturated carbocycles. The van der Waals surface area contributed by atoms with Crippen molar-refractivity contribution in [2.24, 2.45) is 29.6 Å². The highest BCUT2D eigenvalue weighted by atomic mass is 19.4. The second-order valence-corrected chi connectivity index (χ2v) is 11.7. The van der Waals surface area contributed by atoms with Gasteiger partial charge in [-0.1, -0.05) is 51.3 Å². The van der Waals surface area contributed by atoms with Crippen molar-refractivity contribution in [2.45, 2.75) is 97.3 Å². The minimum atomic E-state index is -4.81. The standard InChI is InChI=1S/C31H35F5O.C2H6/c1-19-2-11-29(37-18-19)24-9-8-22-14-20(5-7-23(22)16-24)3-4-21-6-10-26-25(15-21)17-28(32)27(30(26)33)12-13-31(34,35)36;1-2/h6,10,15,17,19-20,22-24,29H,2-5,7-9,11,14,16,18H2,1H3;1-2H3. The first-order valence-corrected chi connectivity index (χ1v) is 14.8. The van der Waals surface area contributed by atoms with Crippen LogP contribution in [0.5, 0.6) is 0 Å². The molecule has 2 aromatic rings. The van der Waals surface area contributed by atoms with Crippen molar-refractivity contribution in [2.75, 3.05) is 6.61 Å². The van der Waals surface area contributed by atoms with Gasteiger partial charge >= 0.3 is 6.18 Å². The number of ether oxygens (including phenoxy) is 1. The zero-order valence-corrected chi connectivity index (χ0v) is 23.3. The Kier molecular flexibility index (Phi) is 9.97. The summed E-state index contributed by atoms with van der Waals surface area (Å²) in [4.78, 5) is 0. The highest BCUT2D eigenvalue weighted by Gasteiger charge is 2.39. The summed E-state index contributed by atoms with van der Waals surface area (Å²) in [5.74, 6) is 4.15. The zero-order chi connectivity index (χ0) is 28.2. The Morgan fingerprint density at radius 1 is 0.897 bits per heavy atom. The van der Waals surface area contributed by atoms with Gasteiger partial charge in [0, 0.05) is 17.9 Å². The van der Waals surface area contributed by atoms with Gasteiger partial charge in [0.2, 0.25) is 0 Å². The highest BCUT2D eigenvalue weighted by Crippen LogP contribution is 2.47. The van der Waals surface area contributed by atoms with E-state index in [0.29, 0.717) is 23.3 Å². The van der Waals surface area contributed by atoms with Crippen LogP contribution in [0.25, 0.3) is 10.8 Å². The van der Waals surface area contributed by atoms with Crippen LogP contribution in [0, 0.1) is 53.1 Å². The average Bonchev–Trinajstić information content (AvgIpc) is 2.92. The third-order valence-corrected chi connectivity index (χ3v) is 9.09. The highest BCUT2D eigenvalue weighted by molar-refractivity contribution is 5.85. The lowest BCUT2D eigenvalue weighted by molar-refractivity contribution is -0.0696. The van der Waals surface area contributed by atoms with Gasteiger partial charge in [-0.3, -0.25) is 0 Å². The van der Waals surface area contributed by atoms with Gasteiger partial charge in [0.1, 0.15) is 11.6 Å². The molecule has 214 valence electrons. The van der Waals surface area contributed by atoms with Crippen LogP contribution in [0.1, 0.15) is 89.7 Å². The minimum Gasteiger partial charge on any atom is -0.378 e. The van der Waals surface area contributed by atoms with E-state index >= 15 is 0 Å². The van der Waals surface area contributed by atoms with Crippen LogP contribution in [0.2, 0.25) is 0 Å². The number of halogens is 5. The molecule has 0 N–H and O–H groups in total. The van der Waals surface area contributed by atoms with E-state index in [2.05, 4.69) is 6.92 Å². The Balaban J connectivity index is 0.00000172. The maximum absolute atomic E-state index is 14.7. The number of aryl methyl sites for hydroxylation is 1. The number of fused-ring (bicyclic) bond motifs is 2. The summed E-state index contributed by atoms with van der Waals surface area (Å²) in [6.07, 6.45) is 7.70. The van der Waals surface area contributed by atoms with Gasteiger partial charge in [-0.15, -0.1) is 0 Å². The first kappa shape index (κ1) is 29.8. The molecule has 1 saturated heterocycles. The second-order valence-electron chi connectivity index (χ2n) is 11.7. The molecule has 0 aromatic heterocycles. The third-order valence-electron chi connectivity index (χ3n) is 9.09. The number of alkyl halides is 3. The molecule has 0 amide bonds. The van der Waals surface area contributed by atoms with Crippen LogP contribution in [0.3, 0.4) is 0 Å². The van der Waals surface area contributed by atoms with Gasteiger partial charge in [-0.05, 0) is 104 Å². The van der Waals surface area contributed by atoms with E-state index in [1.54, 1.807) is 18.1 Å².